The van der Waals surface area contributed by atoms with Crippen LogP contribution >= 0.6 is 11.6 Å². The summed E-state index contributed by atoms with van der Waals surface area (Å²) in [5.74, 6) is -1.98. The van der Waals surface area contributed by atoms with Crippen molar-refractivity contribution in [2.24, 2.45) is 11.7 Å². The molecule has 156 valence electrons. The van der Waals surface area contributed by atoms with Crippen molar-refractivity contribution in [3.8, 4) is 0 Å². The summed E-state index contributed by atoms with van der Waals surface area (Å²) in [6.45, 7) is 2.17. The first kappa shape index (κ1) is 21.5. The molecule has 0 fully saturated rings. The van der Waals surface area contributed by atoms with Crippen LogP contribution in [0.3, 0.4) is 0 Å². The van der Waals surface area contributed by atoms with Gasteiger partial charge in [0.2, 0.25) is 5.91 Å². The fourth-order valence-electron chi connectivity index (χ4n) is 3.16. The van der Waals surface area contributed by atoms with E-state index in [0.717, 1.165) is 11.1 Å². The molecule has 2 amide bonds. The van der Waals surface area contributed by atoms with Crippen LogP contribution in [0.2, 0.25) is 5.15 Å². The Labute approximate surface area is 178 Å². The van der Waals surface area contributed by atoms with Gasteiger partial charge >= 0.3 is 0 Å². The summed E-state index contributed by atoms with van der Waals surface area (Å²) >= 11 is 6.41. The highest BCUT2D eigenvalue weighted by Crippen LogP contribution is 2.21. The third-order valence-corrected chi connectivity index (χ3v) is 5.16. The second-order valence-corrected chi connectivity index (χ2v) is 7.39. The summed E-state index contributed by atoms with van der Waals surface area (Å²) in [6, 6.07) is 15.4. The fourth-order valence-corrected chi connectivity index (χ4v) is 3.48. The first-order chi connectivity index (χ1) is 14.3. The molecule has 0 bridgehead atoms. The predicted molar refractivity (Wildman–Crippen MR) is 113 cm³/mol. The van der Waals surface area contributed by atoms with Crippen molar-refractivity contribution in [3.05, 3.63) is 88.0 Å². The molecule has 0 aliphatic carbocycles. The molecule has 1 aromatic heterocycles. The summed E-state index contributed by atoms with van der Waals surface area (Å²) in [6.07, 6.45) is 0.288. The van der Waals surface area contributed by atoms with Crippen molar-refractivity contribution in [2.45, 2.75) is 19.9 Å². The number of hydrogen-bond donors (Lipinski definition) is 2. The molecular weight excluding hydrogens is 407 g/mol. The van der Waals surface area contributed by atoms with E-state index in [-0.39, 0.29) is 29.5 Å². The molecule has 0 spiro atoms. The van der Waals surface area contributed by atoms with Gasteiger partial charge in [-0.05, 0) is 36.6 Å². The number of nitrogens with two attached hydrogens (primary N) is 1. The monoisotopic (exact) mass is 428 g/mol. The minimum atomic E-state index is -0.641. The van der Waals surface area contributed by atoms with Crippen LogP contribution in [0.25, 0.3) is 0 Å². The number of nitrogens with one attached hydrogen (secondary N) is 1. The van der Waals surface area contributed by atoms with E-state index in [9.17, 15) is 14.0 Å². The number of aryl methyl sites for hydroxylation is 1. The Morgan fingerprint density at radius 2 is 1.80 bits per heavy atom. The number of rotatable bonds is 8. The van der Waals surface area contributed by atoms with Crippen molar-refractivity contribution in [1.29, 1.82) is 0 Å². The Hall–Kier alpha value is -3.19. The molecule has 2 aromatic carbocycles. The standard InChI is InChI=1S/C22H22ClFN4O2/c1-14-19(20(23)28(27-14)13-16-5-3-2-4-6-16)22(30)26-12-17(21(25)29)11-15-7-9-18(24)10-8-15/h2-10,17H,11-13H2,1H3,(H2,25,29)(H,26,30). The minimum absolute atomic E-state index is 0.0329. The Morgan fingerprint density at radius 3 is 2.43 bits per heavy atom. The van der Waals surface area contributed by atoms with Crippen LogP contribution in [0.15, 0.2) is 54.6 Å². The first-order valence-electron chi connectivity index (χ1n) is 9.44. The Kier molecular flexibility index (Phi) is 6.84. The molecule has 1 unspecified atom stereocenters. The van der Waals surface area contributed by atoms with E-state index in [2.05, 4.69) is 10.4 Å². The number of primary amides is 1. The van der Waals surface area contributed by atoms with Gasteiger partial charge in [0, 0.05) is 6.54 Å². The lowest BCUT2D eigenvalue weighted by molar-refractivity contribution is -0.121. The van der Waals surface area contributed by atoms with Gasteiger partial charge in [0.1, 0.15) is 11.0 Å². The number of nitrogens with zero attached hydrogens (tertiary/aromatic N) is 2. The van der Waals surface area contributed by atoms with Crippen molar-refractivity contribution in [1.82, 2.24) is 15.1 Å². The van der Waals surface area contributed by atoms with Gasteiger partial charge < -0.3 is 11.1 Å². The molecular formula is C22H22ClFN4O2. The van der Waals surface area contributed by atoms with E-state index in [1.54, 1.807) is 23.7 Å². The summed E-state index contributed by atoms with van der Waals surface area (Å²) < 4.78 is 14.6. The summed E-state index contributed by atoms with van der Waals surface area (Å²) in [4.78, 5) is 24.5. The molecule has 1 atom stereocenters. The lowest BCUT2D eigenvalue weighted by Crippen LogP contribution is -2.37. The van der Waals surface area contributed by atoms with E-state index in [4.69, 9.17) is 17.3 Å². The maximum Gasteiger partial charge on any atom is 0.256 e. The zero-order chi connectivity index (χ0) is 21.7. The van der Waals surface area contributed by atoms with Crippen LogP contribution < -0.4 is 11.1 Å². The van der Waals surface area contributed by atoms with Gasteiger partial charge in [-0.2, -0.15) is 5.10 Å². The van der Waals surface area contributed by atoms with Crippen LogP contribution in [-0.4, -0.2) is 28.1 Å². The number of halogens is 2. The summed E-state index contributed by atoms with van der Waals surface area (Å²) in [5.41, 5.74) is 7.98. The normalized spacial score (nSPS) is 11.8. The highest BCUT2D eigenvalue weighted by atomic mass is 35.5. The van der Waals surface area contributed by atoms with E-state index in [1.807, 2.05) is 30.3 Å². The Morgan fingerprint density at radius 1 is 1.13 bits per heavy atom. The molecule has 8 heteroatoms. The van der Waals surface area contributed by atoms with Crippen LogP contribution in [0.5, 0.6) is 0 Å². The van der Waals surface area contributed by atoms with Crippen LogP contribution in [0.4, 0.5) is 4.39 Å². The second kappa shape index (κ2) is 9.54. The Bertz CT molecular complexity index is 1040. The number of benzene rings is 2. The van der Waals surface area contributed by atoms with Gasteiger partial charge in [0.25, 0.3) is 5.91 Å². The van der Waals surface area contributed by atoms with E-state index in [1.165, 1.54) is 12.1 Å². The third kappa shape index (κ3) is 5.24. The van der Waals surface area contributed by atoms with E-state index in [0.29, 0.717) is 12.2 Å². The topological polar surface area (TPSA) is 90.0 Å². The van der Waals surface area contributed by atoms with E-state index < -0.39 is 17.7 Å². The largest absolute Gasteiger partial charge is 0.369 e. The maximum absolute atomic E-state index is 13.1. The average Bonchev–Trinajstić information content (AvgIpc) is 3.00. The van der Waals surface area contributed by atoms with Gasteiger partial charge in [-0.3, -0.25) is 9.59 Å². The number of carbonyl (C=O) groups is 2. The van der Waals surface area contributed by atoms with Crippen molar-refractivity contribution >= 4 is 23.4 Å². The zero-order valence-corrected chi connectivity index (χ0v) is 17.2. The van der Waals surface area contributed by atoms with Crippen molar-refractivity contribution in [2.75, 3.05) is 6.54 Å². The smallest absolute Gasteiger partial charge is 0.256 e. The molecule has 1 heterocycles. The summed E-state index contributed by atoms with van der Waals surface area (Å²) in [5, 5.41) is 7.31. The molecule has 6 nitrogen and oxygen atoms in total. The first-order valence-corrected chi connectivity index (χ1v) is 9.81. The van der Waals surface area contributed by atoms with Crippen molar-refractivity contribution in [3.63, 3.8) is 0 Å². The number of hydrogen-bond acceptors (Lipinski definition) is 3. The molecule has 30 heavy (non-hydrogen) atoms. The molecule has 0 aliphatic rings. The number of amides is 2. The molecule has 0 saturated carbocycles. The predicted octanol–water partition coefficient (Wildman–Crippen LogP) is 3.11. The second-order valence-electron chi connectivity index (χ2n) is 7.03. The minimum Gasteiger partial charge on any atom is -0.369 e. The highest BCUT2D eigenvalue weighted by molar-refractivity contribution is 6.33. The lowest BCUT2D eigenvalue weighted by atomic mass is 9.98. The van der Waals surface area contributed by atoms with Gasteiger partial charge in [-0.1, -0.05) is 54.1 Å². The fraction of sp³-hybridized carbons (Fsp3) is 0.227. The number of carbonyl (C=O) groups excluding carboxylic acids is 2. The molecule has 3 aromatic rings. The van der Waals surface area contributed by atoms with Crippen LogP contribution in [-0.2, 0) is 17.8 Å². The lowest BCUT2D eigenvalue weighted by Gasteiger charge is -2.14. The maximum atomic E-state index is 13.1. The average molecular weight is 429 g/mol. The van der Waals surface area contributed by atoms with Gasteiger partial charge in [0.15, 0.2) is 0 Å². The van der Waals surface area contributed by atoms with Gasteiger partial charge in [-0.25, -0.2) is 9.07 Å². The summed E-state index contributed by atoms with van der Waals surface area (Å²) in [7, 11) is 0. The van der Waals surface area contributed by atoms with E-state index >= 15 is 0 Å². The Balaban J connectivity index is 1.68. The van der Waals surface area contributed by atoms with Crippen LogP contribution in [0, 0.1) is 18.7 Å². The zero-order valence-electron chi connectivity index (χ0n) is 16.4. The molecule has 0 saturated heterocycles. The molecule has 3 N–H and O–H groups in total. The quantitative estimate of drug-likeness (QED) is 0.577. The molecule has 3 rings (SSSR count). The molecule has 0 aliphatic heterocycles. The van der Waals surface area contributed by atoms with Crippen molar-refractivity contribution < 1.29 is 14.0 Å². The van der Waals surface area contributed by atoms with Crippen LogP contribution in [0.1, 0.15) is 27.2 Å². The van der Waals surface area contributed by atoms with Gasteiger partial charge in [0.05, 0.1) is 23.7 Å². The SMILES string of the molecule is Cc1nn(Cc2ccccc2)c(Cl)c1C(=O)NCC(Cc1ccc(F)cc1)C(N)=O. The highest BCUT2D eigenvalue weighted by Gasteiger charge is 2.23. The third-order valence-electron chi connectivity index (χ3n) is 4.77. The van der Waals surface area contributed by atoms with Gasteiger partial charge in [-0.15, -0.1) is 0 Å². The number of aromatic nitrogens is 2. The molecule has 0 radical (unpaired) electrons.